The Kier molecular flexibility index (Phi) is 1.21. The second-order valence-corrected chi connectivity index (χ2v) is 2.31. The Morgan fingerprint density at radius 2 is 2.25 bits per heavy atom. The summed E-state index contributed by atoms with van der Waals surface area (Å²) in [6, 6.07) is 3.40. The number of benzene rings is 1. The Hall–Kier alpha value is -1.78. The maximum absolute atomic E-state index is 12.6. The van der Waals surface area contributed by atoms with Gasteiger partial charge in [0.05, 0.1) is 5.39 Å². The Bertz CT molecular complexity index is 485. The van der Waals surface area contributed by atoms with E-state index in [0.717, 1.165) is 12.1 Å². The second-order valence-electron chi connectivity index (χ2n) is 2.31. The van der Waals surface area contributed by atoms with Gasteiger partial charge in [-0.3, -0.25) is 0 Å². The lowest BCUT2D eigenvalue weighted by atomic mass is 10.2. The third-order valence-electron chi connectivity index (χ3n) is 1.55. The molecule has 0 amide bonds. The molecule has 62 valence electrons. The van der Waals surface area contributed by atoms with Gasteiger partial charge in [-0.25, -0.2) is 9.18 Å². The van der Waals surface area contributed by atoms with Gasteiger partial charge >= 0.3 is 5.63 Å². The summed E-state index contributed by atoms with van der Waals surface area (Å²) in [5.41, 5.74) is -0.603. The lowest BCUT2D eigenvalue weighted by Gasteiger charge is -1.88. The van der Waals surface area contributed by atoms with Crippen molar-refractivity contribution in [2.75, 3.05) is 0 Å². The highest BCUT2D eigenvalue weighted by Gasteiger charge is 2.07. The summed E-state index contributed by atoms with van der Waals surface area (Å²) in [6.45, 7) is 0. The fraction of sp³-hybridized carbons (Fsp3) is 0. The van der Waals surface area contributed by atoms with Gasteiger partial charge in [0.1, 0.15) is 11.3 Å². The smallest absolute Gasteiger partial charge is 0.369 e. The largest absolute Gasteiger partial charge is 0.400 e. The predicted octanol–water partition coefficient (Wildman–Crippen LogP) is 0.971. The van der Waals surface area contributed by atoms with Crippen molar-refractivity contribution in [3.8, 4) is 0 Å². The quantitative estimate of drug-likeness (QED) is 0.598. The topological polar surface area (TPSA) is 55.4 Å². The molecule has 12 heavy (non-hydrogen) atoms. The Balaban J connectivity index is 3.00. The molecular weight excluding hydrogens is 165 g/mol. The Morgan fingerprint density at radius 1 is 1.50 bits per heavy atom. The van der Waals surface area contributed by atoms with Crippen LogP contribution in [0, 0.1) is 5.82 Å². The maximum atomic E-state index is 12.6. The molecule has 0 aliphatic rings. The molecule has 0 bridgehead atoms. The third-order valence-corrected chi connectivity index (χ3v) is 1.55. The van der Waals surface area contributed by atoms with E-state index in [0.29, 0.717) is 4.90 Å². The number of fused-ring (bicyclic) bond motifs is 1. The van der Waals surface area contributed by atoms with E-state index in [1.807, 2.05) is 0 Å². The molecule has 5 heteroatoms. The highest BCUT2D eigenvalue weighted by Crippen LogP contribution is 2.10. The van der Waals surface area contributed by atoms with Crippen LogP contribution >= 0.6 is 0 Å². The number of nitrogens with zero attached hydrogens (tertiary/aromatic N) is 1. The number of halogens is 1. The molecular formula is C7H4FNO3. The molecule has 2 aromatic rings. The molecule has 0 aliphatic carbocycles. The summed E-state index contributed by atoms with van der Waals surface area (Å²) in [5, 5.41) is 8.94. The minimum absolute atomic E-state index is 0.0255. The summed E-state index contributed by atoms with van der Waals surface area (Å²) in [4.78, 5) is 11.2. The van der Waals surface area contributed by atoms with Gasteiger partial charge in [0.2, 0.25) is 0 Å². The summed E-state index contributed by atoms with van der Waals surface area (Å²) in [5.74, 6) is -0.541. The predicted molar refractivity (Wildman–Crippen MR) is 37.6 cm³/mol. The van der Waals surface area contributed by atoms with E-state index >= 15 is 0 Å². The van der Waals surface area contributed by atoms with Crippen molar-refractivity contribution in [1.82, 2.24) is 4.90 Å². The zero-order valence-corrected chi connectivity index (χ0v) is 5.82. The SMILES string of the molecule is O=c1on(O)c2ccc(F)cc12. The number of hydrogen-bond donors (Lipinski definition) is 1. The van der Waals surface area contributed by atoms with Crippen LogP contribution in [0.3, 0.4) is 0 Å². The molecule has 0 radical (unpaired) electrons. The number of rotatable bonds is 0. The highest BCUT2D eigenvalue weighted by atomic mass is 19.1. The fourth-order valence-electron chi connectivity index (χ4n) is 1.02. The van der Waals surface area contributed by atoms with E-state index in [2.05, 4.69) is 4.52 Å². The van der Waals surface area contributed by atoms with Gasteiger partial charge in [-0.1, -0.05) is 0 Å². The van der Waals surface area contributed by atoms with Crippen molar-refractivity contribution in [1.29, 1.82) is 0 Å². The van der Waals surface area contributed by atoms with Crippen LogP contribution in [0.5, 0.6) is 0 Å². The zero-order chi connectivity index (χ0) is 8.72. The summed E-state index contributed by atoms with van der Waals surface area (Å²) < 4.78 is 16.8. The fourth-order valence-corrected chi connectivity index (χ4v) is 1.02. The zero-order valence-electron chi connectivity index (χ0n) is 5.82. The van der Waals surface area contributed by atoms with Crippen molar-refractivity contribution < 1.29 is 14.1 Å². The van der Waals surface area contributed by atoms with Crippen molar-refractivity contribution in [2.45, 2.75) is 0 Å². The lowest BCUT2D eigenvalue weighted by Crippen LogP contribution is -1.92. The van der Waals surface area contributed by atoms with Gasteiger partial charge in [0.15, 0.2) is 0 Å². The van der Waals surface area contributed by atoms with E-state index < -0.39 is 11.4 Å². The van der Waals surface area contributed by atoms with Crippen LogP contribution in [0.1, 0.15) is 0 Å². The second kappa shape index (κ2) is 2.10. The molecule has 2 rings (SSSR count). The molecule has 0 fully saturated rings. The van der Waals surface area contributed by atoms with E-state index in [4.69, 9.17) is 5.21 Å². The van der Waals surface area contributed by atoms with Crippen LogP contribution < -0.4 is 5.63 Å². The van der Waals surface area contributed by atoms with E-state index in [1.165, 1.54) is 6.07 Å². The first kappa shape index (κ1) is 6.90. The van der Waals surface area contributed by atoms with Crippen LogP contribution in [0.4, 0.5) is 4.39 Å². The van der Waals surface area contributed by atoms with Crippen LogP contribution in [0.15, 0.2) is 27.5 Å². The van der Waals surface area contributed by atoms with Gasteiger partial charge in [0, 0.05) is 0 Å². The van der Waals surface area contributed by atoms with E-state index in [9.17, 15) is 9.18 Å². The molecule has 1 heterocycles. The third kappa shape index (κ3) is 0.795. The minimum Gasteiger partial charge on any atom is -0.400 e. The molecule has 0 aliphatic heterocycles. The van der Waals surface area contributed by atoms with Crippen molar-refractivity contribution in [3.63, 3.8) is 0 Å². The summed E-state index contributed by atoms with van der Waals surface area (Å²) in [7, 11) is 0. The number of hydrogen-bond acceptors (Lipinski definition) is 3. The molecule has 0 saturated heterocycles. The summed E-state index contributed by atoms with van der Waals surface area (Å²) >= 11 is 0. The molecule has 4 nitrogen and oxygen atoms in total. The van der Waals surface area contributed by atoms with Gasteiger partial charge < -0.3 is 9.73 Å². The average Bonchev–Trinajstić information content (AvgIpc) is 2.28. The van der Waals surface area contributed by atoms with E-state index in [-0.39, 0.29) is 10.9 Å². The van der Waals surface area contributed by atoms with Crippen LogP contribution in [0.2, 0.25) is 0 Å². The van der Waals surface area contributed by atoms with Crippen molar-refractivity contribution >= 4 is 10.9 Å². The maximum Gasteiger partial charge on any atom is 0.369 e. The Labute approximate surface area is 65.4 Å². The van der Waals surface area contributed by atoms with E-state index in [1.54, 1.807) is 0 Å². The minimum atomic E-state index is -0.757. The molecule has 0 atom stereocenters. The standard InChI is InChI=1S/C7H4FNO3/c8-4-1-2-6-5(3-4)7(10)12-9(6)11/h1-3,11H. The molecule has 1 N–H and O–H groups in total. The normalized spacial score (nSPS) is 10.8. The molecule has 1 aromatic carbocycles. The first-order valence-electron chi connectivity index (χ1n) is 3.19. The van der Waals surface area contributed by atoms with Gasteiger partial charge in [-0.15, -0.1) is 0 Å². The van der Waals surface area contributed by atoms with Gasteiger partial charge in [-0.05, 0) is 23.1 Å². The van der Waals surface area contributed by atoms with Crippen LogP contribution in [0.25, 0.3) is 10.9 Å². The lowest BCUT2D eigenvalue weighted by molar-refractivity contribution is 0.0142. The highest BCUT2D eigenvalue weighted by molar-refractivity contribution is 5.77. The monoisotopic (exact) mass is 169 g/mol. The summed E-state index contributed by atoms with van der Waals surface area (Å²) in [6.07, 6.45) is 0. The average molecular weight is 169 g/mol. The Morgan fingerprint density at radius 3 is 3.00 bits per heavy atom. The van der Waals surface area contributed by atoms with Crippen molar-refractivity contribution in [3.05, 3.63) is 34.4 Å². The molecule has 1 aromatic heterocycles. The molecule has 0 unspecified atom stereocenters. The van der Waals surface area contributed by atoms with Crippen LogP contribution in [-0.4, -0.2) is 10.1 Å². The van der Waals surface area contributed by atoms with Gasteiger partial charge in [0.25, 0.3) is 0 Å². The first-order valence-corrected chi connectivity index (χ1v) is 3.19. The first-order chi connectivity index (χ1) is 5.68. The number of aromatic nitrogens is 1. The van der Waals surface area contributed by atoms with Gasteiger partial charge in [-0.2, -0.15) is 0 Å². The molecule has 0 saturated carbocycles. The van der Waals surface area contributed by atoms with Crippen molar-refractivity contribution in [2.24, 2.45) is 0 Å². The van der Waals surface area contributed by atoms with Crippen LogP contribution in [-0.2, 0) is 0 Å². The molecule has 0 spiro atoms.